The third kappa shape index (κ3) is 5.63. The van der Waals surface area contributed by atoms with Gasteiger partial charge in [0.1, 0.15) is 6.29 Å². The average molecular weight is 115 g/mol. The molecule has 2 nitrogen and oxygen atoms in total. The van der Waals surface area contributed by atoms with Gasteiger partial charge in [-0.25, -0.2) is 0 Å². The van der Waals surface area contributed by atoms with Crippen molar-refractivity contribution < 1.29 is 4.79 Å². The van der Waals surface area contributed by atoms with E-state index < -0.39 is 0 Å². The molecule has 0 saturated heterocycles. The van der Waals surface area contributed by atoms with Crippen LogP contribution in [0.3, 0.4) is 0 Å². The Morgan fingerprint density at radius 1 is 1.50 bits per heavy atom. The number of aldehydes is 1. The molecule has 0 aliphatic rings. The fourth-order valence-corrected chi connectivity index (χ4v) is 0.529. The molecule has 0 atom stereocenters. The molecule has 0 aromatic heterocycles. The fraction of sp³-hybridized carbons (Fsp3) is 0.833. The minimum Gasteiger partial charge on any atom is -0.320 e. The summed E-state index contributed by atoms with van der Waals surface area (Å²) in [6, 6.07) is 0. The van der Waals surface area contributed by atoms with E-state index in [1.807, 2.05) is 7.05 Å². The largest absolute Gasteiger partial charge is 0.320 e. The minimum atomic E-state index is 0.710. The second-order valence-electron chi connectivity index (χ2n) is 1.77. The monoisotopic (exact) mass is 115 g/mol. The lowest BCUT2D eigenvalue weighted by atomic mass is 10.2. The summed E-state index contributed by atoms with van der Waals surface area (Å²) < 4.78 is 0. The first-order chi connectivity index (χ1) is 3.91. The highest BCUT2D eigenvalue weighted by Gasteiger charge is 1.82. The van der Waals surface area contributed by atoms with Gasteiger partial charge in [-0.05, 0) is 26.4 Å². The average Bonchev–Trinajstić information content (AvgIpc) is 1.81. The Balaban J connectivity index is 2.62. The molecule has 0 fully saturated rings. The molecule has 48 valence electrons. The molecule has 0 aliphatic heterocycles. The molecule has 0 rings (SSSR count). The van der Waals surface area contributed by atoms with Gasteiger partial charge in [0.2, 0.25) is 0 Å². The van der Waals surface area contributed by atoms with E-state index in [0.717, 1.165) is 25.7 Å². The number of unbranched alkanes of at least 4 members (excludes halogenated alkanes) is 2. The van der Waals surface area contributed by atoms with Crippen molar-refractivity contribution in [3.8, 4) is 0 Å². The Bertz CT molecular complexity index is 54.5. The second kappa shape index (κ2) is 6.63. The molecule has 0 unspecified atom stereocenters. The van der Waals surface area contributed by atoms with Gasteiger partial charge in [-0.1, -0.05) is 0 Å². The molecular formula is C6H13NO. The molecule has 0 radical (unpaired) electrons. The fourth-order valence-electron chi connectivity index (χ4n) is 0.529. The van der Waals surface area contributed by atoms with Gasteiger partial charge < -0.3 is 10.1 Å². The van der Waals surface area contributed by atoms with Gasteiger partial charge in [-0.15, -0.1) is 0 Å². The van der Waals surface area contributed by atoms with Crippen LogP contribution in [0.15, 0.2) is 0 Å². The van der Waals surface area contributed by atoms with E-state index >= 15 is 0 Å². The third-order valence-corrected chi connectivity index (χ3v) is 0.999. The van der Waals surface area contributed by atoms with E-state index in [1.165, 1.54) is 0 Å². The number of nitrogens with one attached hydrogen (secondary N) is 1. The van der Waals surface area contributed by atoms with Crippen molar-refractivity contribution in [2.45, 2.75) is 19.3 Å². The van der Waals surface area contributed by atoms with Gasteiger partial charge in [-0.2, -0.15) is 0 Å². The molecule has 0 heterocycles. The third-order valence-electron chi connectivity index (χ3n) is 0.999. The maximum absolute atomic E-state index is 9.75. The van der Waals surface area contributed by atoms with Gasteiger partial charge in [0, 0.05) is 6.42 Å². The van der Waals surface area contributed by atoms with Crippen molar-refractivity contribution in [1.82, 2.24) is 5.32 Å². The lowest BCUT2D eigenvalue weighted by molar-refractivity contribution is -0.107. The summed E-state index contributed by atoms with van der Waals surface area (Å²) >= 11 is 0. The van der Waals surface area contributed by atoms with Crippen LogP contribution < -0.4 is 5.32 Å². The quantitative estimate of drug-likeness (QED) is 0.419. The lowest BCUT2D eigenvalue weighted by Crippen LogP contribution is -2.06. The molecular weight excluding hydrogens is 102 g/mol. The predicted molar refractivity (Wildman–Crippen MR) is 33.8 cm³/mol. The van der Waals surface area contributed by atoms with E-state index in [9.17, 15) is 4.79 Å². The van der Waals surface area contributed by atoms with Crippen LogP contribution >= 0.6 is 0 Å². The van der Waals surface area contributed by atoms with Crippen molar-refractivity contribution in [3.05, 3.63) is 0 Å². The first-order valence-corrected chi connectivity index (χ1v) is 3.00. The smallest absolute Gasteiger partial charge is 0.119 e. The van der Waals surface area contributed by atoms with E-state index in [2.05, 4.69) is 5.32 Å². The van der Waals surface area contributed by atoms with Crippen LogP contribution in [0, 0.1) is 0 Å². The van der Waals surface area contributed by atoms with E-state index in [1.54, 1.807) is 0 Å². The summed E-state index contributed by atoms with van der Waals surface area (Å²) in [5.41, 5.74) is 0. The molecule has 0 aliphatic carbocycles. The van der Waals surface area contributed by atoms with Crippen molar-refractivity contribution in [2.75, 3.05) is 13.6 Å². The van der Waals surface area contributed by atoms with Crippen LogP contribution in [0.1, 0.15) is 19.3 Å². The van der Waals surface area contributed by atoms with Gasteiger partial charge in [0.25, 0.3) is 0 Å². The number of hydrogen-bond acceptors (Lipinski definition) is 2. The van der Waals surface area contributed by atoms with E-state index in [-0.39, 0.29) is 0 Å². The van der Waals surface area contributed by atoms with Crippen molar-refractivity contribution in [1.29, 1.82) is 0 Å². The summed E-state index contributed by atoms with van der Waals surface area (Å²) in [5, 5.41) is 3.01. The molecule has 2 heteroatoms. The van der Waals surface area contributed by atoms with Crippen molar-refractivity contribution in [2.24, 2.45) is 0 Å². The summed E-state index contributed by atoms with van der Waals surface area (Å²) in [6.07, 6.45) is 3.80. The zero-order chi connectivity index (χ0) is 6.24. The Morgan fingerprint density at radius 3 is 2.75 bits per heavy atom. The molecule has 8 heavy (non-hydrogen) atoms. The zero-order valence-electron chi connectivity index (χ0n) is 5.31. The van der Waals surface area contributed by atoms with Crippen LogP contribution in [0.25, 0.3) is 0 Å². The Hall–Kier alpha value is -0.370. The maximum Gasteiger partial charge on any atom is 0.119 e. The van der Waals surface area contributed by atoms with Crippen LogP contribution in [0.5, 0.6) is 0 Å². The highest BCUT2D eigenvalue weighted by atomic mass is 16.1. The van der Waals surface area contributed by atoms with Crippen molar-refractivity contribution in [3.63, 3.8) is 0 Å². The van der Waals surface area contributed by atoms with E-state index in [4.69, 9.17) is 0 Å². The summed E-state index contributed by atoms with van der Waals surface area (Å²) in [5.74, 6) is 0. The zero-order valence-corrected chi connectivity index (χ0v) is 5.31. The first-order valence-electron chi connectivity index (χ1n) is 3.00. The Morgan fingerprint density at radius 2 is 2.25 bits per heavy atom. The normalized spacial score (nSPS) is 9.12. The van der Waals surface area contributed by atoms with Crippen LogP contribution in [0.2, 0.25) is 0 Å². The molecule has 0 aromatic carbocycles. The number of carbonyl (C=O) groups is 1. The highest BCUT2D eigenvalue weighted by molar-refractivity contribution is 5.48. The van der Waals surface area contributed by atoms with Gasteiger partial charge in [0.15, 0.2) is 0 Å². The Kier molecular flexibility index (Phi) is 6.32. The lowest BCUT2D eigenvalue weighted by Gasteiger charge is -1.92. The molecule has 1 N–H and O–H groups in total. The molecule has 0 spiro atoms. The summed E-state index contributed by atoms with van der Waals surface area (Å²) in [4.78, 5) is 9.75. The number of hydrogen-bond donors (Lipinski definition) is 1. The first kappa shape index (κ1) is 7.63. The maximum atomic E-state index is 9.75. The summed E-state index contributed by atoms with van der Waals surface area (Å²) in [7, 11) is 1.92. The van der Waals surface area contributed by atoms with Gasteiger partial charge in [0.05, 0.1) is 0 Å². The molecule has 0 bridgehead atoms. The standard InChI is InChI=1S/C6H13NO/c1-7-5-3-2-4-6-8/h6-7H,2-5H2,1H3. The highest BCUT2D eigenvalue weighted by Crippen LogP contribution is 1.88. The topological polar surface area (TPSA) is 29.1 Å². The summed E-state index contributed by atoms with van der Waals surface area (Å²) in [6.45, 7) is 1.02. The molecule has 0 amide bonds. The second-order valence-corrected chi connectivity index (χ2v) is 1.77. The van der Waals surface area contributed by atoms with Gasteiger partial charge in [-0.3, -0.25) is 0 Å². The Labute approximate surface area is 50.3 Å². The van der Waals surface area contributed by atoms with Crippen LogP contribution in [0.4, 0.5) is 0 Å². The van der Waals surface area contributed by atoms with Crippen LogP contribution in [-0.2, 0) is 4.79 Å². The van der Waals surface area contributed by atoms with E-state index in [0.29, 0.717) is 6.42 Å². The van der Waals surface area contributed by atoms with Crippen molar-refractivity contribution >= 4 is 6.29 Å². The minimum absolute atomic E-state index is 0.710. The van der Waals surface area contributed by atoms with Crippen LogP contribution in [-0.4, -0.2) is 19.9 Å². The number of rotatable bonds is 5. The molecule has 0 saturated carbocycles. The molecule has 0 aromatic rings. The van der Waals surface area contributed by atoms with Gasteiger partial charge >= 0.3 is 0 Å². The number of carbonyl (C=O) groups excluding carboxylic acids is 1. The SMILES string of the molecule is CNCCCCC=O. The predicted octanol–water partition coefficient (Wildman–Crippen LogP) is 0.575.